The topological polar surface area (TPSA) is 58.2 Å². The fourth-order valence-electron chi connectivity index (χ4n) is 0.813. The maximum atomic E-state index is 11.5. The molecule has 0 amide bonds. The van der Waals surface area contributed by atoms with Gasteiger partial charge in [-0.2, -0.15) is 0 Å². The molecule has 0 saturated heterocycles. The van der Waals surface area contributed by atoms with Crippen LogP contribution in [0.2, 0.25) is 0 Å². The summed E-state index contributed by atoms with van der Waals surface area (Å²) in [5, 5.41) is 0. The monoisotopic (exact) mass is 212 g/mol. The number of benzene rings is 1. The summed E-state index contributed by atoms with van der Waals surface area (Å²) in [6, 6.07) is 8.11. The van der Waals surface area contributed by atoms with E-state index in [1.54, 1.807) is 25.1 Å². The number of allylic oxidation sites excluding steroid dienone is 1. The highest BCUT2D eigenvalue weighted by atomic mass is 32.2. The average molecular weight is 212 g/mol. The van der Waals surface area contributed by atoms with Crippen LogP contribution < -0.4 is 10.3 Å². The molecule has 0 saturated carbocycles. The lowest BCUT2D eigenvalue weighted by Gasteiger charge is -2.07. The highest BCUT2D eigenvalue weighted by Gasteiger charge is 2.11. The first-order valence-electron chi connectivity index (χ1n) is 4.01. The SMILES string of the molecule is C=C(C)NNS(=O)(=O)c1ccccc1. The molecule has 0 aliphatic rings. The Balaban J connectivity index is 2.82. The van der Waals surface area contributed by atoms with Gasteiger partial charge < -0.3 is 5.43 Å². The van der Waals surface area contributed by atoms with E-state index in [-0.39, 0.29) is 4.90 Å². The maximum Gasteiger partial charge on any atom is 0.257 e. The molecule has 5 heteroatoms. The van der Waals surface area contributed by atoms with E-state index in [2.05, 4.69) is 16.8 Å². The molecule has 0 aromatic heterocycles. The van der Waals surface area contributed by atoms with Crippen molar-refractivity contribution in [2.45, 2.75) is 11.8 Å². The van der Waals surface area contributed by atoms with Crippen LogP contribution in [0.4, 0.5) is 0 Å². The van der Waals surface area contributed by atoms with E-state index in [1.165, 1.54) is 12.1 Å². The first kappa shape index (κ1) is 10.7. The lowest BCUT2D eigenvalue weighted by atomic mass is 10.4. The van der Waals surface area contributed by atoms with Crippen molar-refractivity contribution in [3.05, 3.63) is 42.6 Å². The van der Waals surface area contributed by atoms with Gasteiger partial charge in [0.1, 0.15) is 0 Å². The summed E-state index contributed by atoms with van der Waals surface area (Å²) in [6.07, 6.45) is 0. The first-order valence-corrected chi connectivity index (χ1v) is 5.49. The third-order valence-corrected chi connectivity index (χ3v) is 2.72. The molecule has 0 unspecified atom stereocenters. The van der Waals surface area contributed by atoms with E-state index in [9.17, 15) is 8.42 Å². The van der Waals surface area contributed by atoms with Crippen LogP contribution in [0.5, 0.6) is 0 Å². The second-order valence-electron chi connectivity index (χ2n) is 2.82. The molecule has 0 heterocycles. The third kappa shape index (κ3) is 2.86. The molecule has 1 aromatic rings. The predicted octanol–water partition coefficient (Wildman–Crippen LogP) is 1.00. The van der Waals surface area contributed by atoms with Gasteiger partial charge in [-0.15, -0.1) is 4.83 Å². The largest absolute Gasteiger partial charge is 0.313 e. The molecule has 0 aliphatic heterocycles. The number of hydrogen-bond acceptors (Lipinski definition) is 3. The van der Waals surface area contributed by atoms with Gasteiger partial charge >= 0.3 is 0 Å². The molecule has 0 spiro atoms. The quantitative estimate of drug-likeness (QED) is 0.732. The Bertz CT molecular complexity index is 412. The molecule has 0 fully saturated rings. The van der Waals surface area contributed by atoms with Gasteiger partial charge in [-0.25, -0.2) is 8.42 Å². The van der Waals surface area contributed by atoms with E-state index in [0.717, 1.165) is 0 Å². The fourth-order valence-corrected chi connectivity index (χ4v) is 1.75. The maximum absolute atomic E-state index is 11.5. The molecule has 14 heavy (non-hydrogen) atoms. The highest BCUT2D eigenvalue weighted by Crippen LogP contribution is 2.05. The Kier molecular flexibility index (Phi) is 3.27. The molecule has 76 valence electrons. The number of hydrazine groups is 1. The van der Waals surface area contributed by atoms with Crippen LogP contribution in [-0.2, 0) is 10.0 Å². The molecule has 2 N–H and O–H groups in total. The van der Waals surface area contributed by atoms with Gasteiger partial charge in [-0.1, -0.05) is 24.8 Å². The molecule has 1 rings (SSSR count). The molecule has 0 aliphatic carbocycles. The van der Waals surface area contributed by atoms with Crippen LogP contribution in [0.25, 0.3) is 0 Å². The summed E-state index contributed by atoms with van der Waals surface area (Å²) >= 11 is 0. The third-order valence-electron chi connectivity index (χ3n) is 1.45. The summed E-state index contributed by atoms with van der Waals surface area (Å²) in [6.45, 7) is 5.17. The molecular formula is C9H12N2O2S. The molecule has 0 atom stereocenters. The van der Waals surface area contributed by atoms with Gasteiger partial charge in [0.25, 0.3) is 10.0 Å². The minimum atomic E-state index is -3.48. The Hall–Kier alpha value is -1.33. The van der Waals surface area contributed by atoms with Crippen LogP contribution in [0.15, 0.2) is 47.5 Å². The zero-order valence-corrected chi connectivity index (χ0v) is 8.64. The zero-order valence-electron chi connectivity index (χ0n) is 7.82. The van der Waals surface area contributed by atoms with Crippen molar-refractivity contribution in [3.63, 3.8) is 0 Å². The molecule has 1 aromatic carbocycles. The lowest BCUT2D eigenvalue weighted by molar-refractivity contribution is 0.571. The normalized spacial score (nSPS) is 10.9. The van der Waals surface area contributed by atoms with Crippen LogP contribution in [0, 0.1) is 0 Å². The van der Waals surface area contributed by atoms with Gasteiger partial charge in [0.05, 0.1) is 4.90 Å². The fraction of sp³-hybridized carbons (Fsp3) is 0.111. The second kappa shape index (κ2) is 4.26. The highest BCUT2D eigenvalue weighted by molar-refractivity contribution is 7.89. The minimum absolute atomic E-state index is 0.216. The number of hydrogen-bond donors (Lipinski definition) is 2. The van der Waals surface area contributed by atoms with Crippen molar-refractivity contribution in [3.8, 4) is 0 Å². The van der Waals surface area contributed by atoms with Crippen LogP contribution >= 0.6 is 0 Å². The van der Waals surface area contributed by atoms with E-state index < -0.39 is 10.0 Å². The van der Waals surface area contributed by atoms with Crippen molar-refractivity contribution in [1.29, 1.82) is 0 Å². The van der Waals surface area contributed by atoms with Crippen LogP contribution in [0.3, 0.4) is 0 Å². The number of rotatable bonds is 4. The van der Waals surface area contributed by atoms with E-state index in [1.807, 2.05) is 0 Å². The standard InChI is InChI=1S/C9H12N2O2S/c1-8(2)10-11-14(12,13)9-6-4-3-5-7-9/h3-7,10-11H,1H2,2H3. The summed E-state index contributed by atoms with van der Waals surface area (Å²) in [5.41, 5.74) is 2.98. The number of sulfonamides is 1. The van der Waals surface area contributed by atoms with Crippen molar-refractivity contribution in [2.24, 2.45) is 0 Å². The van der Waals surface area contributed by atoms with Gasteiger partial charge in [0.15, 0.2) is 0 Å². The summed E-state index contributed by atoms with van der Waals surface area (Å²) in [5.74, 6) is 0. The number of nitrogens with one attached hydrogen (secondary N) is 2. The zero-order chi connectivity index (χ0) is 10.6. The average Bonchev–Trinajstić information content (AvgIpc) is 2.16. The van der Waals surface area contributed by atoms with Crippen molar-refractivity contribution < 1.29 is 8.42 Å². The first-order chi connectivity index (χ1) is 6.52. The molecule has 4 nitrogen and oxygen atoms in total. The van der Waals surface area contributed by atoms with Gasteiger partial charge in [0.2, 0.25) is 0 Å². The Morgan fingerprint density at radius 3 is 2.36 bits per heavy atom. The van der Waals surface area contributed by atoms with Crippen LogP contribution in [-0.4, -0.2) is 8.42 Å². The van der Waals surface area contributed by atoms with Crippen molar-refractivity contribution in [2.75, 3.05) is 0 Å². The van der Waals surface area contributed by atoms with Gasteiger partial charge in [-0.3, -0.25) is 0 Å². The summed E-state index contributed by atoms with van der Waals surface area (Å²) in [7, 11) is -3.48. The van der Waals surface area contributed by atoms with Crippen molar-refractivity contribution >= 4 is 10.0 Å². The molecule has 0 bridgehead atoms. The Labute approximate surface area is 83.7 Å². The smallest absolute Gasteiger partial charge is 0.257 e. The summed E-state index contributed by atoms with van der Waals surface area (Å²) in [4.78, 5) is 2.41. The van der Waals surface area contributed by atoms with Crippen LogP contribution in [0.1, 0.15) is 6.92 Å². The predicted molar refractivity (Wildman–Crippen MR) is 54.7 cm³/mol. The second-order valence-corrected chi connectivity index (χ2v) is 4.51. The summed E-state index contributed by atoms with van der Waals surface area (Å²) < 4.78 is 23.0. The lowest BCUT2D eigenvalue weighted by Crippen LogP contribution is -2.35. The van der Waals surface area contributed by atoms with E-state index >= 15 is 0 Å². The van der Waals surface area contributed by atoms with Gasteiger partial charge in [-0.05, 0) is 19.1 Å². The van der Waals surface area contributed by atoms with Crippen molar-refractivity contribution in [1.82, 2.24) is 10.3 Å². The molecule has 0 radical (unpaired) electrons. The Morgan fingerprint density at radius 1 is 1.29 bits per heavy atom. The minimum Gasteiger partial charge on any atom is -0.313 e. The molecular weight excluding hydrogens is 200 g/mol. The van der Waals surface area contributed by atoms with E-state index in [4.69, 9.17) is 0 Å². The van der Waals surface area contributed by atoms with E-state index in [0.29, 0.717) is 5.70 Å². The Morgan fingerprint density at radius 2 is 1.86 bits per heavy atom. The van der Waals surface area contributed by atoms with Gasteiger partial charge in [0, 0.05) is 5.70 Å².